The van der Waals surface area contributed by atoms with Gasteiger partial charge < -0.3 is 5.11 Å². The summed E-state index contributed by atoms with van der Waals surface area (Å²) in [5.74, 6) is 0.134. The Hall–Kier alpha value is -2.95. The number of carbonyl (C=O) groups is 1. The fourth-order valence-corrected chi connectivity index (χ4v) is 2.19. The number of rotatable bonds is 3. The van der Waals surface area contributed by atoms with Gasteiger partial charge in [-0.05, 0) is 6.07 Å². The van der Waals surface area contributed by atoms with Gasteiger partial charge in [-0.1, -0.05) is 48.5 Å². The monoisotopic (exact) mass is 279 g/mol. The minimum atomic E-state index is -0.977. The number of carboxylic acids is 1. The van der Waals surface area contributed by atoms with Crippen molar-refractivity contribution in [2.45, 2.75) is 0 Å². The number of carboxylic acid groups (broad SMARTS) is 1. The summed E-state index contributed by atoms with van der Waals surface area (Å²) in [6.07, 6.45) is 0. The van der Waals surface area contributed by atoms with Crippen LogP contribution >= 0.6 is 0 Å². The molecule has 0 aliphatic heterocycles. The van der Waals surface area contributed by atoms with E-state index in [1.54, 1.807) is 36.0 Å². The second kappa shape index (κ2) is 5.20. The van der Waals surface area contributed by atoms with E-state index in [9.17, 15) is 9.90 Å². The summed E-state index contributed by atoms with van der Waals surface area (Å²) < 4.78 is 1.60. The number of hydrogen-bond donors (Lipinski definition) is 1. The van der Waals surface area contributed by atoms with Gasteiger partial charge in [0.1, 0.15) is 0 Å². The van der Waals surface area contributed by atoms with Crippen LogP contribution in [0.25, 0.3) is 22.8 Å². The number of aromatic carboxylic acids is 1. The van der Waals surface area contributed by atoms with Gasteiger partial charge in [0.15, 0.2) is 11.6 Å². The SMILES string of the molecule is Cn1nc(-c2ccccc2)nc1-c1ccccc1C(=O)O. The minimum Gasteiger partial charge on any atom is -0.478 e. The fourth-order valence-electron chi connectivity index (χ4n) is 2.19. The smallest absolute Gasteiger partial charge is 0.336 e. The van der Waals surface area contributed by atoms with E-state index in [0.717, 1.165) is 5.56 Å². The van der Waals surface area contributed by atoms with Gasteiger partial charge in [-0.15, -0.1) is 0 Å². The van der Waals surface area contributed by atoms with Crippen molar-refractivity contribution < 1.29 is 9.90 Å². The molecule has 0 spiro atoms. The highest BCUT2D eigenvalue weighted by atomic mass is 16.4. The van der Waals surface area contributed by atoms with Crippen molar-refractivity contribution in [3.8, 4) is 22.8 Å². The maximum atomic E-state index is 11.3. The summed E-state index contributed by atoms with van der Waals surface area (Å²) in [7, 11) is 1.76. The van der Waals surface area contributed by atoms with Crippen molar-refractivity contribution in [3.05, 3.63) is 60.2 Å². The van der Waals surface area contributed by atoms with Crippen LogP contribution in [0.5, 0.6) is 0 Å². The Labute approximate surface area is 121 Å². The van der Waals surface area contributed by atoms with Crippen LogP contribution in [0, 0.1) is 0 Å². The van der Waals surface area contributed by atoms with E-state index < -0.39 is 5.97 Å². The number of aryl methyl sites for hydroxylation is 1. The normalized spacial score (nSPS) is 10.5. The summed E-state index contributed by atoms with van der Waals surface area (Å²) >= 11 is 0. The summed E-state index contributed by atoms with van der Waals surface area (Å²) in [5.41, 5.74) is 1.67. The van der Waals surface area contributed by atoms with Gasteiger partial charge in [0.25, 0.3) is 0 Å². The Morgan fingerprint density at radius 3 is 2.43 bits per heavy atom. The first-order valence-electron chi connectivity index (χ1n) is 6.46. The number of benzene rings is 2. The lowest BCUT2D eigenvalue weighted by Crippen LogP contribution is -2.02. The average Bonchev–Trinajstić information content (AvgIpc) is 2.90. The van der Waals surface area contributed by atoms with Crippen LogP contribution < -0.4 is 0 Å². The Balaban J connectivity index is 2.13. The first-order valence-corrected chi connectivity index (χ1v) is 6.46. The van der Waals surface area contributed by atoms with Gasteiger partial charge >= 0.3 is 5.97 Å². The molecule has 0 amide bonds. The second-order valence-corrected chi connectivity index (χ2v) is 4.60. The lowest BCUT2D eigenvalue weighted by molar-refractivity contribution is 0.0697. The number of hydrogen-bond acceptors (Lipinski definition) is 3. The second-order valence-electron chi connectivity index (χ2n) is 4.60. The van der Waals surface area contributed by atoms with E-state index in [1.165, 1.54) is 0 Å². The zero-order valence-corrected chi connectivity index (χ0v) is 11.4. The van der Waals surface area contributed by atoms with Gasteiger partial charge in [0.05, 0.1) is 5.56 Å². The van der Waals surface area contributed by atoms with Crippen LogP contribution in [0.3, 0.4) is 0 Å². The molecule has 0 atom stereocenters. The molecule has 0 unspecified atom stereocenters. The van der Waals surface area contributed by atoms with Crippen molar-refractivity contribution in [1.29, 1.82) is 0 Å². The lowest BCUT2D eigenvalue weighted by Gasteiger charge is -2.03. The van der Waals surface area contributed by atoms with Gasteiger partial charge in [-0.25, -0.2) is 14.5 Å². The van der Waals surface area contributed by atoms with E-state index in [4.69, 9.17) is 0 Å². The van der Waals surface area contributed by atoms with Crippen molar-refractivity contribution >= 4 is 5.97 Å². The molecule has 1 heterocycles. The third-order valence-corrected chi connectivity index (χ3v) is 3.19. The van der Waals surface area contributed by atoms with Crippen molar-refractivity contribution in [1.82, 2.24) is 14.8 Å². The van der Waals surface area contributed by atoms with Crippen LogP contribution in [-0.2, 0) is 7.05 Å². The molecule has 21 heavy (non-hydrogen) atoms. The summed E-state index contributed by atoms with van der Waals surface area (Å²) in [6.45, 7) is 0. The highest BCUT2D eigenvalue weighted by Crippen LogP contribution is 2.24. The predicted octanol–water partition coefficient (Wildman–Crippen LogP) is 2.85. The summed E-state index contributed by atoms with van der Waals surface area (Å²) in [6, 6.07) is 16.4. The highest BCUT2D eigenvalue weighted by Gasteiger charge is 2.17. The van der Waals surface area contributed by atoms with Crippen LogP contribution in [-0.4, -0.2) is 25.8 Å². The maximum absolute atomic E-state index is 11.3. The average molecular weight is 279 g/mol. The largest absolute Gasteiger partial charge is 0.478 e. The van der Waals surface area contributed by atoms with Gasteiger partial charge in [0.2, 0.25) is 0 Å². The first-order chi connectivity index (χ1) is 10.2. The molecular weight excluding hydrogens is 266 g/mol. The van der Waals surface area contributed by atoms with Gasteiger partial charge in [-0.2, -0.15) is 5.10 Å². The standard InChI is InChI=1S/C16H13N3O2/c1-19-15(12-9-5-6-10-13(12)16(20)21)17-14(18-19)11-7-3-2-4-8-11/h2-10H,1H3,(H,20,21). The van der Waals surface area contributed by atoms with Gasteiger partial charge in [0, 0.05) is 18.2 Å². The van der Waals surface area contributed by atoms with E-state index in [-0.39, 0.29) is 5.56 Å². The van der Waals surface area contributed by atoms with Crippen molar-refractivity contribution in [3.63, 3.8) is 0 Å². The third-order valence-electron chi connectivity index (χ3n) is 3.19. The first kappa shape index (κ1) is 13.1. The molecule has 5 nitrogen and oxygen atoms in total. The molecule has 2 aromatic carbocycles. The maximum Gasteiger partial charge on any atom is 0.336 e. The predicted molar refractivity (Wildman–Crippen MR) is 78.8 cm³/mol. The van der Waals surface area contributed by atoms with Crippen LogP contribution in [0.2, 0.25) is 0 Å². The number of nitrogens with zero attached hydrogens (tertiary/aromatic N) is 3. The molecule has 104 valence electrons. The molecule has 3 aromatic rings. The summed E-state index contributed by atoms with van der Waals surface area (Å²) in [5, 5.41) is 13.7. The molecule has 0 bridgehead atoms. The Morgan fingerprint density at radius 1 is 1.05 bits per heavy atom. The third kappa shape index (κ3) is 2.41. The Bertz CT molecular complexity index is 794. The van der Waals surface area contributed by atoms with E-state index >= 15 is 0 Å². The Morgan fingerprint density at radius 2 is 1.71 bits per heavy atom. The van der Waals surface area contributed by atoms with Crippen LogP contribution in [0.15, 0.2) is 54.6 Å². The van der Waals surface area contributed by atoms with E-state index in [2.05, 4.69) is 10.1 Å². The molecule has 0 saturated carbocycles. The quantitative estimate of drug-likeness (QED) is 0.800. The lowest BCUT2D eigenvalue weighted by atomic mass is 10.1. The topological polar surface area (TPSA) is 68.0 Å². The molecular formula is C16H13N3O2. The molecule has 5 heteroatoms. The zero-order valence-electron chi connectivity index (χ0n) is 11.4. The van der Waals surface area contributed by atoms with Crippen molar-refractivity contribution in [2.24, 2.45) is 7.05 Å². The van der Waals surface area contributed by atoms with Crippen LogP contribution in [0.4, 0.5) is 0 Å². The molecule has 0 saturated heterocycles. The fraction of sp³-hybridized carbons (Fsp3) is 0.0625. The van der Waals surface area contributed by atoms with Crippen molar-refractivity contribution in [2.75, 3.05) is 0 Å². The molecule has 3 rings (SSSR count). The molecule has 0 aliphatic rings. The molecule has 0 aliphatic carbocycles. The molecule has 1 aromatic heterocycles. The minimum absolute atomic E-state index is 0.215. The van der Waals surface area contributed by atoms with Gasteiger partial charge in [-0.3, -0.25) is 0 Å². The highest BCUT2D eigenvalue weighted by molar-refractivity contribution is 5.95. The number of aromatic nitrogens is 3. The molecule has 1 N–H and O–H groups in total. The van der Waals surface area contributed by atoms with Crippen LogP contribution in [0.1, 0.15) is 10.4 Å². The zero-order chi connectivity index (χ0) is 14.8. The van der Waals surface area contributed by atoms with E-state index in [1.807, 2.05) is 30.3 Å². The molecule has 0 radical (unpaired) electrons. The van der Waals surface area contributed by atoms with E-state index in [0.29, 0.717) is 17.2 Å². The summed E-state index contributed by atoms with van der Waals surface area (Å²) in [4.78, 5) is 15.8. The Kier molecular flexibility index (Phi) is 3.23. The molecule has 0 fully saturated rings.